The van der Waals surface area contributed by atoms with Crippen molar-refractivity contribution >= 4 is 29.9 Å². The van der Waals surface area contributed by atoms with Gasteiger partial charge in [0.1, 0.15) is 12.0 Å². The Bertz CT molecular complexity index is 430. The highest BCUT2D eigenvalue weighted by Gasteiger charge is 2.19. The predicted octanol–water partition coefficient (Wildman–Crippen LogP) is 2.61. The summed E-state index contributed by atoms with van der Waals surface area (Å²) in [7, 11) is 0. The molecule has 0 atom stereocenters. The standard InChI is InChI=1S/C16H29N5O.HI/c1-3-5-9-21-10-6-14(7-11-21)19-16(17-4-2)18-13-15-8-12-22-20-15;/h8,12,14H,3-7,9-11,13H2,1-2H3,(H2,17,18,19);1H. The highest BCUT2D eigenvalue weighted by atomic mass is 127. The minimum absolute atomic E-state index is 0. The number of hydrogen-bond acceptors (Lipinski definition) is 4. The quantitative estimate of drug-likeness (QED) is 0.392. The van der Waals surface area contributed by atoms with Gasteiger partial charge in [-0.3, -0.25) is 0 Å². The zero-order valence-corrected chi connectivity index (χ0v) is 16.6. The first-order chi connectivity index (χ1) is 10.8. The molecule has 6 nitrogen and oxygen atoms in total. The number of aromatic nitrogens is 1. The molecule has 0 saturated carbocycles. The molecule has 0 aliphatic carbocycles. The molecule has 0 amide bonds. The number of nitrogens with zero attached hydrogens (tertiary/aromatic N) is 3. The third kappa shape index (κ3) is 7.52. The molecule has 0 radical (unpaired) electrons. The zero-order valence-electron chi connectivity index (χ0n) is 14.3. The maximum Gasteiger partial charge on any atom is 0.191 e. The summed E-state index contributed by atoms with van der Waals surface area (Å²) in [5.74, 6) is 0.873. The van der Waals surface area contributed by atoms with Crippen molar-refractivity contribution in [1.29, 1.82) is 0 Å². The number of guanidine groups is 1. The highest BCUT2D eigenvalue weighted by Crippen LogP contribution is 2.11. The van der Waals surface area contributed by atoms with E-state index < -0.39 is 0 Å². The van der Waals surface area contributed by atoms with E-state index >= 15 is 0 Å². The molecule has 1 fully saturated rings. The second-order valence-corrected chi connectivity index (χ2v) is 5.80. The lowest BCUT2D eigenvalue weighted by Gasteiger charge is -2.33. The van der Waals surface area contributed by atoms with Gasteiger partial charge in [-0.15, -0.1) is 24.0 Å². The molecular formula is C16H30IN5O. The molecule has 2 rings (SSSR count). The average molecular weight is 435 g/mol. The Hall–Kier alpha value is -0.830. The molecule has 2 heterocycles. The van der Waals surface area contributed by atoms with Gasteiger partial charge in [0, 0.05) is 31.7 Å². The van der Waals surface area contributed by atoms with Gasteiger partial charge < -0.3 is 20.1 Å². The third-order valence-electron chi connectivity index (χ3n) is 3.99. The lowest BCUT2D eigenvalue weighted by molar-refractivity contribution is 0.203. The van der Waals surface area contributed by atoms with E-state index in [1.54, 1.807) is 6.26 Å². The number of hydrogen-bond donors (Lipinski definition) is 2. The Morgan fingerprint density at radius 3 is 2.78 bits per heavy atom. The lowest BCUT2D eigenvalue weighted by Crippen LogP contribution is -2.48. The Labute approximate surface area is 156 Å². The summed E-state index contributed by atoms with van der Waals surface area (Å²) in [6.45, 7) is 9.34. The van der Waals surface area contributed by atoms with E-state index in [4.69, 9.17) is 4.52 Å². The van der Waals surface area contributed by atoms with Gasteiger partial charge in [0.05, 0.1) is 6.54 Å². The molecule has 1 aliphatic heterocycles. The Morgan fingerprint density at radius 1 is 1.39 bits per heavy atom. The van der Waals surface area contributed by atoms with Crippen LogP contribution < -0.4 is 10.6 Å². The molecule has 7 heteroatoms. The van der Waals surface area contributed by atoms with Crippen LogP contribution in [0.3, 0.4) is 0 Å². The molecule has 23 heavy (non-hydrogen) atoms. The molecule has 1 saturated heterocycles. The highest BCUT2D eigenvalue weighted by molar-refractivity contribution is 14.0. The number of aliphatic imine (C=N–C) groups is 1. The van der Waals surface area contributed by atoms with Crippen LogP contribution in [0.1, 0.15) is 45.2 Å². The molecule has 0 aromatic carbocycles. The molecule has 0 bridgehead atoms. The molecule has 2 N–H and O–H groups in total. The molecule has 1 aromatic heterocycles. The summed E-state index contributed by atoms with van der Waals surface area (Å²) in [5, 5.41) is 10.7. The van der Waals surface area contributed by atoms with Gasteiger partial charge in [0.2, 0.25) is 0 Å². The molecule has 0 spiro atoms. The van der Waals surface area contributed by atoms with Gasteiger partial charge in [-0.2, -0.15) is 0 Å². The van der Waals surface area contributed by atoms with E-state index in [0.717, 1.165) is 18.2 Å². The minimum Gasteiger partial charge on any atom is -0.364 e. The number of halogens is 1. The van der Waals surface area contributed by atoms with Crippen LogP contribution in [0.25, 0.3) is 0 Å². The van der Waals surface area contributed by atoms with Crippen molar-refractivity contribution in [2.24, 2.45) is 4.99 Å². The number of rotatable bonds is 7. The Morgan fingerprint density at radius 2 is 2.17 bits per heavy atom. The van der Waals surface area contributed by atoms with Crippen LogP contribution in [0.4, 0.5) is 0 Å². The normalized spacial score (nSPS) is 16.9. The topological polar surface area (TPSA) is 65.7 Å². The van der Waals surface area contributed by atoms with Crippen molar-refractivity contribution in [2.75, 3.05) is 26.2 Å². The van der Waals surface area contributed by atoms with E-state index in [1.807, 2.05) is 6.07 Å². The van der Waals surface area contributed by atoms with E-state index in [2.05, 4.69) is 39.5 Å². The van der Waals surface area contributed by atoms with Gasteiger partial charge in [0.15, 0.2) is 5.96 Å². The SMILES string of the molecule is CCCCN1CCC(NC(=NCc2ccon2)NCC)CC1.I. The third-order valence-corrected chi connectivity index (χ3v) is 3.99. The van der Waals surface area contributed by atoms with Crippen LogP contribution in [0.2, 0.25) is 0 Å². The lowest BCUT2D eigenvalue weighted by atomic mass is 10.0. The van der Waals surface area contributed by atoms with Crippen LogP contribution in [0, 0.1) is 0 Å². The number of unbranched alkanes of at least 4 members (excludes halogenated alkanes) is 1. The van der Waals surface area contributed by atoms with Crippen molar-refractivity contribution in [2.45, 2.75) is 52.1 Å². The predicted molar refractivity (Wildman–Crippen MR) is 104 cm³/mol. The first-order valence-electron chi connectivity index (χ1n) is 8.48. The monoisotopic (exact) mass is 435 g/mol. The van der Waals surface area contributed by atoms with Crippen molar-refractivity contribution in [3.63, 3.8) is 0 Å². The van der Waals surface area contributed by atoms with E-state index in [9.17, 15) is 0 Å². The number of nitrogens with one attached hydrogen (secondary N) is 2. The zero-order chi connectivity index (χ0) is 15.6. The smallest absolute Gasteiger partial charge is 0.191 e. The van der Waals surface area contributed by atoms with Gasteiger partial charge >= 0.3 is 0 Å². The molecule has 132 valence electrons. The fourth-order valence-electron chi connectivity index (χ4n) is 2.68. The summed E-state index contributed by atoms with van der Waals surface area (Å²) in [6.07, 6.45) is 6.52. The first-order valence-corrected chi connectivity index (χ1v) is 8.48. The second-order valence-electron chi connectivity index (χ2n) is 5.80. The van der Waals surface area contributed by atoms with Gasteiger partial charge in [0.25, 0.3) is 0 Å². The van der Waals surface area contributed by atoms with Crippen LogP contribution in [0.5, 0.6) is 0 Å². The van der Waals surface area contributed by atoms with Crippen molar-refractivity contribution < 1.29 is 4.52 Å². The maximum absolute atomic E-state index is 4.84. The van der Waals surface area contributed by atoms with Gasteiger partial charge in [-0.25, -0.2) is 4.99 Å². The summed E-state index contributed by atoms with van der Waals surface area (Å²) >= 11 is 0. The van der Waals surface area contributed by atoms with E-state index in [1.165, 1.54) is 45.3 Å². The summed E-state index contributed by atoms with van der Waals surface area (Å²) < 4.78 is 4.84. The fraction of sp³-hybridized carbons (Fsp3) is 0.750. The number of likely N-dealkylation sites (tertiary alicyclic amines) is 1. The van der Waals surface area contributed by atoms with Gasteiger partial charge in [-0.1, -0.05) is 18.5 Å². The largest absolute Gasteiger partial charge is 0.364 e. The average Bonchev–Trinajstić information content (AvgIpc) is 3.05. The van der Waals surface area contributed by atoms with Crippen molar-refractivity contribution in [3.05, 3.63) is 18.0 Å². The van der Waals surface area contributed by atoms with Crippen LogP contribution in [-0.2, 0) is 6.54 Å². The molecule has 1 aromatic rings. The van der Waals surface area contributed by atoms with Crippen molar-refractivity contribution in [3.8, 4) is 0 Å². The summed E-state index contributed by atoms with van der Waals surface area (Å²) in [5.41, 5.74) is 0.853. The summed E-state index contributed by atoms with van der Waals surface area (Å²) in [4.78, 5) is 7.15. The van der Waals surface area contributed by atoms with Crippen LogP contribution in [0.15, 0.2) is 21.8 Å². The van der Waals surface area contributed by atoms with Crippen LogP contribution >= 0.6 is 24.0 Å². The second kappa shape index (κ2) is 11.7. The Kier molecular flexibility index (Phi) is 10.3. The van der Waals surface area contributed by atoms with Gasteiger partial charge in [-0.05, 0) is 32.7 Å². The summed E-state index contributed by atoms with van der Waals surface area (Å²) in [6, 6.07) is 2.35. The van der Waals surface area contributed by atoms with Crippen molar-refractivity contribution in [1.82, 2.24) is 20.7 Å². The molecule has 1 aliphatic rings. The molecule has 0 unspecified atom stereocenters. The molecular weight excluding hydrogens is 405 g/mol. The maximum atomic E-state index is 4.84. The van der Waals surface area contributed by atoms with Crippen LogP contribution in [-0.4, -0.2) is 48.2 Å². The van der Waals surface area contributed by atoms with E-state index in [-0.39, 0.29) is 24.0 Å². The van der Waals surface area contributed by atoms with E-state index in [0.29, 0.717) is 12.6 Å². The Balaban J connectivity index is 0.00000264. The first kappa shape index (κ1) is 20.2. The minimum atomic E-state index is 0. The fourth-order valence-corrected chi connectivity index (χ4v) is 2.68. The number of piperidine rings is 1.